The number of hydrogen-bond acceptors (Lipinski definition) is 1. The summed E-state index contributed by atoms with van der Waals surface area (Å²) in [5, 5.41) is -1.42. The molecule has 0 aliphatic rings. The number of pyridine rings is 1. The lowest BCUT2D eigenvalue weighted by Crippen LogP contribution is -2.12. The number of benzene rings is 1. The van der Waals surface area contributed by atoms with Crippen LogP contribution in [0.1, 0.15) is 22.1 Å². The van der Waals surface area contributed by atoms with Crippen molar-refractivity contribution in [3.05, 3.63) is 62.4 Å². The SMILES string of the molecule is FC(F)(F)c1cc(Cl)nc(Cl)c1C(Cl)c1ccc(Cl)cc1. The third kappa shape index (κ3) is 3.75. The zero-order chi connectivity index (χ0) is 15.8. The van der Waals surface area contributed by atoms with E-state index in [2.05, 4.69) is 4.98 Å². The molecule has 0 aliphatic heterocycles. The number of alkyl halides is 4. The number of aromatic nitrogens is 1. The van der Waals surface area contributed by atoms with Crippen molar-refractivity contribution in [1.82, 2.24) is 4.98 Å². The highest BCUT2D eigenvalue weighted by Crippen LogP contribution is 2.43. The molecule has 21 heavy (non-hydrogen) atoms. The van der Waals surface area contributed by atoms with Gasteiger partial charge in [0.15, 0.2) is 0 Å². The Bertz CT molecular complexity index is 656. The lowest BCUT2D eigenvalue weighted by Gasteiger charge is -2.18. The lowest BCUT2D eigenvalue weighted by molar-refractivity contribution is -0.138. The average Bonchev–Trinajstić information content (AvgIpc) is 2.37. The third-order valence-corrected chi connectivity index (χ3v) is 3.91. The van der Waals surface area contributed by atoms with Gasteiger partial charge in [-0.15, -0.1) is 11.6 Å². The molecule has 0 radical (unpaired) electrons. The van der Waals surface area contributed by atoms with Gasteiger partial charge in [0, 0.05) is 10.6 Å². The third-order valence-electron chi connectivity index (χ3n) is 2.70. The average molecular weight is 375 g/mol. The molecule has 0 saturated heterocycles. The van der Waals surface area contributed by atoms with Crippen molar-refractivity contribution in [2.45, 2.75) is 11.6 Å². The van der Waals surface area contributed by atoms with Gasteiger partial charge in [-0.3, -0.25) is 0 Å². The zero-order valence-corrected chi connectivity index (χ0v) is 13.1. The highest BCUT2D eigenvalue weighted by atomic mass is 35.5. The van der Waals surface area contributed by atoms with Crippen LogP contribution in [0.2, 0.25) is 15.3 Å². The van der Waals surface area contributed by atoms with Gasteiger partial charge in [-0.1, -0.05) is 46.9 Å². The molecule has 1 aromatic carbocycles. The Morgan fingerprint density at radius 1 is 1.00 bits per heavy atom. The van der Waals surface area contributed by atoms with Crippen LogP contribution in [0.3, 0.4) is 0 Å². The van der Waals surface area contributed by atoms with Crippen LogP contribution in [-0.4, -0.2) is 4.98 Å². The van der Waals surface area contributed by atoms with Gasteiger partial charge in [0.1, 0.15) is 10.3 Å². The normalized spacial score (nSPS) is 13.3. The summed E-state index contributed by atoms with van der Waals surface area (Å²) in [5.41, 5.74) is -0.933. The van der Waals surface area contributed by atoms with Crippen molar-refractivity contribution in [3.8, 4) is 0 Å². The molecule has 1 unspecified atom stereocenters. The molecule has 8 heteroatoms. The van der Waals surface area contributed by atoms with E-state index in [1.54, 1.807) is 0 Å². The molecular weight excluding hydrogens is 369 g/mol. The van der Waals surface area contributed by atoms with Crippen LogP contribution in [0, 0.1) is 0 Å². The predicted octanol–water partition coefficient (Wildman–Crippen LogP) is 6.39. The van der Waals surface area contributed by atoms with Gasteiger partial charge in [0.25, 0.3) is 0 Å². The number of halogens is 7. The van der Waals surface area contributed by atoms with E-state index < -0.39 is 17.1 Å². The fourth-order valence-corrected chi connectivity index (χ4v) is 2.86. The monoisotopic (exact) mass is 373 g/mol. The fraction of sp³-hybridized carbons (Fsp3) is 0.154. The van der Waals surface area contributed by atoms with Crippen LogP contribution in [0.5, 0.6) is 0 Å². The molecule has 1 nitrogen and oxygen atoms in total. The van der Waals surface area contributed by atoms with Crippen molar-refractivity contribution in [1.29, 1.82) is 0 Å². The molecule has 1 heterocycles. The summed E-state index contributed by atoms with van der Waals surface area (Å²) in [6.45, 7) is 0. The molecule has 2 rings (SSSR count). The highest BCUT2D eigenvalue weighted by molar-refractivity contribution is 6.34. The minimum atomic E-state index is -4.65. The van der Waals surface area contributed by atoms with Gasteiger partial charge < -0.3 is 0 Å². The molecule has 0 fully saturated rings. The van der Waals surface area contributed by atoms with Crippen molar-refractivity contribution < 1.29 is 13.2 Å². The Hall–Kier alpha value is -0.680. The first kappa shape index (κ1) is 16.7. The largest absolute Gasteiger partial charge is 0.416 e. The quantitative estimate of drug-likeness (QED) is 0.438. The second-order valence-electron chi connectivity index (χ2n) is 4.11. The fourth-order valence-electron chi connectivity index (χ4n) is 1.77. The number of nitrogens with zero attached hydrogens (tertiary/aromatic N) is 1. The van der Waals surface area contributed by atoms with Gasteiger partial charge in [0.05, 0.1) is 10.9 Å². The second kappa shape index (κ2) is 6.21. The molecule has 0 amide bonds. The van der Waals surface area contributed by atoms with Crippen LogP contribution in [-0.2, 0) is 6.18 Å². The van der Waals surface area contributed by atoms with E-state index in [-0.39, 0.29) is 15.9 Å². The number of rotatable bonds is 2. The van der Waals surface area contributed by atoms with E-state index >= 15 is 0 Å². The van der Waals surface area contributed by atoms with Gasteiger partial charge in [-0.2, -0.15) is 13.2 Å². The molecule has 112 valence electrons. The first-order valence-electron chi connectivity index (χ1n) is 5.53. The smallest absolute Gasteiger partial charge is 0.224 e. The lowest BCUT2D eigenvalue weighted by atomic mass is 10.0. The molecular formula is C13H6Cl4F3N. The second-order valence-corrected chi connectivity index (χ2v) is 5.73. The summed E-state index contributed by atoms with van der Waals surface area (Å²) >= 11 is 23.2. The van der Waals surface area contributed by atoms with Crippen LogP contribution in [0.25, 0.3) is 0 Å². The van der Waals surface area contributed by atoms with Gasteiger partial charge in [-0.05, 0) is 23.8 Å². The molecule has 0 N–H and O–H groups in total. The van der Waals surface area contributed by atoms with Crippen LogP contribution in [0.15, 0.2) is 30.3 Å². The summed E-state index contributed by atoms with van der Waals surface area (Å²) in [7, 11) is 0. The van der Waals surface area contributed by atoms with Crippen molar-refractivity contribution in [2.24, 2.45) is 0 Å². The first-order chi connectivity index (χ1) is 9.70. The maximum absolute atomic E-state index is 13.1. The van der Waals surface area contributed by atoms with E-state index in [1.165, 1.54) is 24.3 Å². The molecule has 0 aliphatic carbocycles. The summed E-state index contributed by atoms with van der Waals surface area (Å²) < 4.78 is 39.4. The topological polar surface area (TPSA) is 12.9 Å². The Labute approximate surface area is 138 Å². The summed E-state index contributed by atoms with van der Waals surface area (Å²) in [6.07, 6.45) is -4.65. The molecule has 0 spiro atoms. The molecule has 0 saturated carbocycles. The van der Waals surface area contributed by atoms with E-state index in [1.807, 2.05) is 0 Å². The van der Waals surface area contributed by atoms with E-state index in [0.717, 1.165) is 0 Å². The molecule has 0 bridgehead atoms. The van der Waals surface area contributed by atoms with E-state index in [4.69, 9.17) is 46.4 Å². The minimum absolute atomic E-state index is 0.336. The Morgan fingerprint density at radius 2 is 1.57 bits per heavy atom. The van der Waals surface area contributed by atoms with E-state index in [0.29, 0.717) is 16.7 Å². The Morgan fingerprint density at radius 3 is 2.10 bits per heavy atom. The van der Waals surface area contributed by atoms with E-state index in [9.17, 15) is 13.2 Å². The molecule has 1 aromatic heterocycles. The van der Waals surface area contributed by atoms with Crippen molar-refractivity contribution in [2.75, 3.05) is 0 Å². The zero-order valence-electron chi connectivity index (χ0n) is 10.1. The standard InChI is InChI=1S/C13H6Cl4F3N/c14-7-3-1-6(2-4-7)11(16)10-8(13(18,19)20)5-9(15)21-12(10)17/h1-5,11H. The van der Waals surface area contributed by atoms with Crippen molar-refractivity contribution >= 4 is 46.4 Å². The Kier molecular flexibility index (Phi) is 4.93. The van der Waals surface area contributed by atoms with Crippen LogP contribution in [0.4, 0.5) is 13.2 Å². The van der Waals surface area contributed by atoms with Gasteiger partial charge in [0.2, 0.25) is 0 Å². The summed E-state index contributed by atoms with van der Waals surface area (Å²) in [5.74, 6) is 0. The van der Waals surface area contributed by atoms with Gasteiger partial charge in [-0.25, -0.2) is 4.98 Å². The van der Waals surface area contributed by atoms with Crippen molar-refractivity contribution in [3.63, 3.8) is 0 Å². The highest BCUT2D eigenvalue weighted by Gasteiger charge is 2.37. The molecule has 2 aromatic rings. The predicted molar refractivity (Wildman–Crippen MR) is 78.4 cm³/mol. The van der Waals surface area contributed by atoms with Crippen LogP contribution < -0.4 is 0 Å². The van der Waals surface area contributed by atoms with Crippen LogP contribution >= 0.6 is 46.4 Å². The Balaban J connectivity index is 2.59. The minimum Gasteiger partial charge on any atom is -0.224 e. The summed E-state index contributed by atoms with van der Waals surface area (Å²) in [4.78, 5) is 3.63. The van der Waals surface area contributed by atoms with Gasteiger partial charge >= 0.3 is 6.18 Å². The maximum Gasteiger partial charge on any atom is 0.416 e. The molecule has 1 atom stereocenters. The first-order valence-corrected chi connectivity index (χ1v) is 7.10. The summed E-state index contributed by atoms with van der Waals surface area (Å²) in [6, 6.07) is 6.79. The number of hydrogen-bond donors (Lipinski definition) is 0. The maximum atomic E-state index is 13.1.